The number of pyridine rings is 1. The molecule has 0 atom stereocenters. The molecule has 0 fully saturated rings. The third-order valence-corrected chi connectivity index (χ3v) is 6.64. The monoisotopic (exact) mass is 489 g/mol. The fourth-order valence-corrected chi connectivity index (χ4v) is 4.41. The molecule has 0 unspecified atom stereocenters. The van der Waals surface area contributed by atoms with Gasteiger partial charge in [0.1, 0.15) is 11.5 Å². The summed E-state index contributed by atoms with van der Waals surface area (Å²) >= 11 is 0. The maximum Gasteiger partial charge on any atom is 0.379 e. The first-order valence-electron chi connectivity index (χ1n) is 14.1. The molecule has 0 spiro atoms. The first-order valence-corrected chi connectivity index (χ1v) is 14.1. The number of hydrogen-bond donors (Lipinski definition) is 0. The van der Waals surface area contributed by atoms with Gasteiger partial charge in [-0.3, -0.25) is 4.98 Å². The van der Waals surface area contributed by atoms with E-state index in [2.05, 4.69) is 31.0 Å². The highest BCUT2D eigenvalue weighted by atomic mass is 16.5. The number of esters is 1. The van der Waals surface area contributed by atoms with Gasteiger partial charge in [-0.05, 0) is 67.3 Å². The van der Waals surface area contributed by atoms with Crippen molar-refractivity contribution in [1.29, 1.82) is 0 Å². The highest BCUT2D eigenvalue weighted by molar-refractivity contribution is 5.88. The molecule has 0 amide bonds. The number of furan rings is 1. The molecule has 0 aliphatic carbocycles. The summed E-state index contributed by atoms with van der Waals surface area (Å²) in [4.78, 5) is 17.1. The number of rotatable bonds is 17. The van der Waals surface area contributed by atoms with E-state index in [1.54, 1.807) is 18.2 Å². The molecular weight excluding hydrogens is 446 g/mol. The molecule has 3 rings (SSSR count). The van der Waals surface area contributed by atoms with Gasteiger partial charge in [0.2, 0.25) is 5.76 Å². The number of aromatic nitrogens is 1. The van der Waals surface area contributed by atoms with Gasteiger partial charge in [-0.25, -0.2) is 4.79 Å². The second-order valence-corrected chi connectivity index (χ2v) is 9.77. The molecule has 3 aromatic rings. The average molecular weight is 490 g/mol. The van der Waals surface area contributed by atoms with Gasteiger partial charge in [0, 0.05) is 18.2 Å². The van der Waals surface area contributed by atoms with E-state index in [-0.39, 0.29) is 5.76 Å². The summed E-state index contributed by atoms with van der Waals surface area (Å²) in [7, 11) is 0. The van der Waals surface area contributed by atoms with Crippen LogP contribution in [0.25, 0.3) is 11.3 Å². The topological polar surface area (TPSA) is 52.3 Å². The first kappa shape index (κ1) is 27.7. The highest BCUT2D eigenvalue weighted by Crippen LogP contribution is 2.23. The van der Waals surface area contributed by atoms with Crippen molar-refractivity contribution in [2.75, 3.05) is 0 Å². The molecule has 0 saturated carbocycles. The summed E-state index contributed by atoms with van der Waals surface area (Å²) < 4.78 is 11.1. The Morgan fingerprint density at radius 3 is 2.03 bits per heavy atom. The average Bonchev–Trinajstić information content (AvgIpc) is 3.38. The molecule has 0 aliphatic rings. The Hall–Kier alpha value is -2.88. The van der Waals surface area contributed by atoms with E-state index >= 15 is 0 Å². The lowest BCUT2D eigenvalue weighted by molar-refractivity contribution is 0.0699. The summed E-state index contributed by atoms with van der Waals surface area (Å²) in [5.41, 5.74) is 3.21. The summed E-state index contributed by atoms with van der Waals surface area (Å²) in [6.45, 7) is 4.44. The minimum atomic E-state index is -0.469. The van der Waals surface area contributed by atoms with Crippen LogP contribution in [-0.4, -0.2) is 11.0 Å². The number of ether oxygens (including phenoxy) is 1. The van der Waals surface area contributed by atoms with E-state index in [0.29, 0.717) is 5.75 Å². The van der Waals surface area contributed by atoms with Crippen LogP contribution in [0.15, 0.2) is 59.1 Å². The Bertz CT molecular complexity index is 1000. The largest absolute Gasteiger partial charge is 0.454 e. The Morgan fingerprint density at radius 2 is 1.36 bits per heavy atom. The van der Waals surface area contributed by atoms with Crippen LogP contribution in [0, 0.1) is 0 Å². The zero-order valence-electron chi connectivity index (χ0n) is 22.3. The number of aryl methyl sites for hydroxylation is 2. The third-order valence-electron chi connectivity index (χ3n) is 6.64. The van der Waals surface area contributed by atoms with Crippen molar-refractivity contribution in [3.8, 4) is 17.0 Å². The molecule has 0 saturated heterocycles. The standard InChI is InChI=1S/C32H43NO3/c1-3-5-7-8-9-10-11-12-14-15-26-17-23-30(33-25-26)27-18-20-29(21-19-27)36-32(34)31-24-22-28(35-31)16-13-6-4-2/h17-25H,3-16H2,1-2H3. The molecule has 0 aliphatic heterocycles. The van der Waals surface area contributed by atoms with Gasteiger partial charge in [-0.15, -0.1) is 0 Å². The Kier molecular flexibility index (Phi) is 12.3. The highest BCUT2D eigenvalue weighted by Gasteiger charge is 2.14. The predicted molar refractivity (Wildman–Crippen MR) is 147 cm³/mol. The van der Waals surface area contributed by atoms with Crippen LogP contribution < -0.4 is 4.74 Å². The van der Waals surface area contributed by atoms with Crippen molar-refractivity contribution < 1.29 is 13.9 Å². The van der Waals surface area contributed by atoms with Crippen molar-refractivity contribution in [1.82, 2.24) is 4.98 Å². The van der Waals surface area contributed by atoms with Crippen molar-refractivity contribution in [3.05, 3.63) is 71.8 Å². The molecular formula is C32H43NO3. The molecule has 4 nitrogen and oxygen atoms in total. The van der Waals surface area contributed by atoms with Gasteiger partial charge in [0.25, 0.3) is 0 Å². The van der Waals surface area contributed by atoms with E-state index < -0.39 is 5.97 Å². The van der Waals surface area contributed by atoms with E-state index in [4.69, 9.17) is 9.15 Å². The van der Waals surface area contributed by atoms with Gasteiger partial charge in [-0.2, -0.15) is 0 Å². The van der Waals surface area contributed by atoms with Gasteiger partial charge < -0.3 is 9.15 Å². The number of hydrogen-bond acceptors (Lipinski definition) is 4. The van der Waals surface area contributed by atoms with Crippen LogP contribution in [0.4, 0.5) is 0 Å². The Morgan fingerprint density at radius 1 is 0.722 bits per heavy atom. The molecule has 194 valence electrons. The SMILES string of the molecule is CCCCCCCCCCCc1ccc(-c2ccc(OC(=O)c3ccc(CCCCC)o3)cc2)nc1. The number of benzene rings is 1. The minimum absolute atomic E-state index is 0.245. The molecule has 0 radical (unpaired) electrons. The van der Waals surface area contributed by atoms with E-state index in [1.165, 1.54) is 63.4 Å². The van der Waals surface area contributed by atoms with Gasteiger partial charge in [0.05, 0.1) is 5.69 Å². The fourth-order valence-electron chi connectivity index (χ4n) is 4.41. The maximum absolute atomic E-state index is 12.4. The van der Waals surface area contributed by atoms with Gasteiger partial charge in [-0.1, -0.05) is 84.1 Å². The van der Waals surface area contributed by atoms with E-state index in [1.807, 2.05) is 24.4 Å². The predicted octanol–water partition coefficient (Wildman–Crippen LogP) is 9.37. The van der Waals surface area contributed by atoms with Gasteiger partial charge >= 0.3 is 5.97 Å². The molecule has 0 bridgehead atoms. The van der Waals surface area contributed by atoms with Crippen LogP contribution in [-0.2, 0) is 12.8 Å². The van der Waals surface area contributed by atoms with Crippen molar-refractivity contribution in [2.45, 2.75) is 104 Å². The minimum Gasteiger partial charge on any atom is -0.454 e. The molecule has 4 heteroatoms. The normalized spacial score (nSPS) is 11.1. The maximum atomic E-state index is 12.4. The van der Waals surface area contributed by atoms with Crippen molar-refractivity contribution >= 4 is 5.97 Å². The van der Waals surface area contributed by atoms with Crippen molar-refractivity contribution in [3.63, 3.8) is 0 Å². The number of unbranched alkanes of at least 4 members (excludes halogenated alkanes) is 10. The van der Waals surface area contributed by atoms with E-state index in [9.17, 15) is 4.79 Å². The lowest BCUT2D eigenvalue weighted by atomic mass is 10.0. The van der Waals surface area contributed by atoms with Crippen LogP contribution in [0.1, 0.15) is 113 Å². The van der Waals surface area contributed by atoms with E-state index in [0.717, 1.165) is 49.1 Å². The molecule has 2 heterocycles. The quantitative estimate of drug-likeness (QED) is 0.108. The summed E-state index contributed by atoms with van der Waals surface area (Å²) in [5.74, 6) is 1.10. The number of carbonyl (C=O) groups excluding carboxylic acids is 1. The fraction of sp³-hybridized carbons (Fsp3) is 0.500. The summed E-state index contributed by atoms with van der Waals surface area (Å²) in [6.07, 6.45) is 19.4. The zero-order valence-corrected chi connectivity index (χ0v) is 22.3. The zero-order chi connectivity index (χ0) is 25.4. The smallest absolute Gasteiger partial charge is 0.379 e. The first-order chi connectivity index (χ1) is 17.7. The lowest BCUT2D eigenvalue weighted by Crippen LogP contribution is -2.07. The van der Waals surface area contributed by atoms with Crippen LogP contribution >= 0.6 is 0 Å². The molecule has 36 heavy (non-hydrogen) atoms. The number of nitrogens with zero attached hydrogens (tertiary/aromatic N) is 1. The van der Waals surface area contributed by atoms with Crippen molar-refractivity contribution in [2.24, 2.45) is 0 Å². The number of carbonyl (C=O) groups is 1. The summed E-state index contributed by atoms with van der Waals surface area (Å²) in [6, 6.07) is 15.3. The molecule has 0 N–H and O–H groups in total. The Balaban J connectivity index is 1.40. The van der Waals surface area contributed by atoms with Crippen LogP contribution in [0.2, 0.25) is 0 Å². The second kappa shape index (κ2) is 16.0. The van der Waals surface area contributed by atoms with Gasteiger partial charge in [0.15, 0.2) is 0 Å². The molecule has 2 aromatic heterocycles. The second-order valence-electron chi connectivity index (χ2n) is 9.77. The lowest BCUT2D eigenvalue weighted by Gasteiger charge is -2.06. The van der Waals surface area contributed by atoms with Crippen LogP contribution in [0.3, 0.4) is 0 Å². The Labute approximate surface area is 217 Å². The summed E-state index contributed by atoms with van der Waals surface area (Å²) in [5, 5.41) is 0. The third kappa shape index (κ3) is 9.64. The van der Waals surface area contributed by atoms with Crippen LogP contribution in [0.5, 0.6) is 5.75 Å². The molecule has 1 aromatic carbocycles.